The van der Waals surface area contributed by atoms with Crippen molar-refractivity contribution in [3.8, 4) is 11.4 Å². The number of anilines is 1. The number of rotatable bonds is 7. The number of nitrogens with zero attached hydrogens (tertiary/aromatic N) is 3. The Labute approximate surface area is 152 Å². The third-order valence-corrected chi connectivity index (χ3v) is 3.57. The van der Waals surface area contributed by atoms with Gasteiger partial charge in [0.05, 0.1) is 4.92 Å². The largest absolute Gasteiger partial charge is 0.339 e. The lowest BCUT2D eigenvalue weighted by Gasteiger charge is -2.08. The van der Waals surface area contributed by atoms with Gasteiger partial charge in [0.1, 0.15) is 11.5 Å². The Morgan fingerprint density at radius 3 is 2.67 bits per heavy atom. The number of hydrogen-bond donors (Lipinski definition) is 2. The number of hydrazine groups is 1. The molecule has 0 aliphatic rings. The highest BCUT2D eigenvalue weighted by atomic mass is 19.1. The van der Waals surface area contributed by atoms with Crippen LogP contribution < -0.4 is 10.9 Å². The van der Waals surface area contributed by atoms with E-state index in [0.29, 0.717) is 11.4 Å². The fourth-order valence-corrected chi connectivity index (χ4v) is 2.23. The first-order chi connectivity index (χ1) is 13.0. The number of benzene rings is 2. The Morgan fingerprint density at radius 2 is 1.93 bits per heavy atom. The van der Waals surface area contributed by atoms with E-state index in [1.807, 2.05) is 0 Å². The zero-order valence-electron chi connectivity index (χ0n) is 13.9. The molecule has 9 nitrogen and oxygen atoms in total. The summed E-state index contributed by atoms with van der Waals surface area (Å²) in [5.74, 6) is -0.237. The highest BCUT2D eigenvalue weighted by Crippen LogP contribution is 2.22. The SMILES string of the molecule is O=C(CCc1nc(-c2ccc(F)cc2)no1)NNc1ccccc1[N+](=O)[O-]. The maximum Gasteiger partial charge on any atom is 0.294 e. The van der Waals surface area contributed by atoms with Crippen molar-refractivity contribution >= 4 is 17.3 Å². The zero-order valence-corrected chi connectivity index (χ0v) is 13.9. The summed E-state index contributed by atoms with van der Waals surface area (Å²) in [5.41, 5.74) is 5.52. The van der Waals surface area contributed by atoms with Crippen LogP contribution in [-0.2, 0) is 11.2 Å². The van der Waals surface area contributed by atoms with Gasteiger partial charge in [0, 0.05) is 24.5 Å². The van der Waals surface area contributed by atoms with Crippen LogP contribution >= 0.6 is 0 Å². The number of halogens is 1. The Morgan fingerprint density at radius 1 is 1.19 bits per heavy atom. The van der Waals surface area contributed by atoms with Crippen molar-refractivity contribution in [3.63, 3.8) is 0 Å². The highest BCUT2D eigenvalue weighted by molar-refractivity contribution is 5.78. The molecule has 0 fully saturated rings. The summed E-state index contributed by atoms with van der Waals surface area (Å²) in [7, 11) is 0. The average molecular weight is 371 g/mol. The number of hydrogen-bond acceptors (Lipinski definition) is 7. The minimum atomic E-state index is -0.552. The molecule has 1 aromatic heterocycles. The van der Waals surface area contributed by atoms with Gasteiger partial charge in [0.2, 0.25) is 17.6 Å². The van der Waals surface area contributed by atoms with E-state index < -0.39 is 10.8 Å². The number of aromatic nitrogens is 2. The van der Waals surface area contributed by atoms with E-state index >= 15 is 0 Å². The van der Waals surface area contributed by atoms with E-state index in [1.165, 1.54) is 42.5 Å². The molecule has 138 valence electrons. The summed E-state index contributed by atoms with van der Waals surface area (Å²) in [5, 5.41) is 14.7. The minimum Gasteiger partial charge on any atom is -0.339 e. The van der Waals surface area contributed by atoms with E-state index in [0.717, 1.165) is 0 Å². The van der Waals surface area contributed by atoms with Crippen LogP contribution in [0.1, 0.15) is 12.3 Å². The van der Waals surface area contributed by atoms with E-state index in [4.69, 9.17) is 4.52 Å². The van der Waals surface area contributed by atoms with Gasteiger partial charge in [0.15, 0.2) is 0 Å². The monoisotopic (exact) mass is 371 g/mol. The van der Waals surface area contributed by atoms with Crippen molar-refractivity contribution in [2.75, 3.05) is 5.43 Å². The Bertz CT molecular complexity index is 958. The molecule has 0 radical (unpaired) electrons. The standard InChI is InChI=1S/C17H14FN5O4/c18-12-7-5-11(6-8-12)17-19-16(27-22-17)10-9-15(24)21-20-13-3-1-2-4-14(13)23(25)26/h1-8,20H,9-10H2,(H,21,24). The lowest BCUT2D eigenvalue weighted by atomic mass is 10.2. The van der Waals surface area contributed by atoms with Gasteiger partial charge in [0.25, 0.3) is 5.69 Å². The summed E-state index contributed by atoms with van der Waals surface area (Å²) in [6.45, 7) is 0. The number of carbonyl (C=O) groups is 1. The number of carbonyl (C=O) groups excluding carboxylic acids is 1. The third kappa shape index (κ3) is 4.63. The molecule has 3 aromatic rings. The molecule has 0 atom stereocenters. The van der Waals surface area contributed by atoms with Gasteiger partial charge in [-0.2, -0.15) is 4.98 Å². The number of nitro benzene ring substituents is 1. The number of para-hydroxylation sites is 2. The maximum absolute atomic E-state index is 12.9. The van der Waals surface area contributed by atoms with Crippen LogP contribution in [0.25, 0.3) is 11.4 Å². The van der Waals surface area contributed by atoms with Crippen molar-refractivity contribution in [3.05, 3.63) is 70.4 Å². The zero-order chi connectivity index (χ0) is 19.2. The molecule has 2 N–H and O–H groups in total. The molecule has 0 saturated heterocycles. The molecule has 0 spiro atoms. The fraction of sp³-hybridized carbons (Fsp3) is 0.118. The first kappa shape index (κ1) is 18.0. The number of nitro groups is 1. The summed E-state index contributed by atoms with van der Waals surface area (Å²) < 4.78 is 18.0. The van der Waals surface area contributed by atoms with Crippen molar-refractivity contribution in [2.45, 2.75) is 12.8 Å². The molecule has 27 heavy (non-hydrogen) atoms. The molecule has 0 aliphatic carbocycles. The molecule has 1 amide bonds. The second-order valence-corrected chi connectivity index (χ2v) is 5.47. The Hall–Kier alpha value is -3.82. The van der Waals surface area contributed by atoms with Crippen LogP contribution in [0.5, 0.6) is 0 Å². The van der Waals surface area contributed by atoms with Gasteiger partial charge in [-0.05, 0) is 30.3 Å². The first-order valence-corrected chi connectivity index (χ1v) is 7.90. The molecule has 0 unspecified atom stereocenters. The second-order valence-electron chi connectivity index (χ2n) is 5.47. The highest BCUT2D eigenvalue weighted by Gasteiger charge is 2.14. The van der Waals surface area contributed by atoms with Crippen LogP contribution in [0.4, 0.5) is 15.8 Å². The van der Waals surface area contributed by atoms with Crippen LogP contribution in [0.2, 0.25) is 0 Å². The molecular formula is C17H14FN5O4. The molecule has 0 aliphatic heterocycles. The molecule has 2 aromatic carbocycles. The van der Waals surface area contributed by atoms with E-state index in [-0.39, 0.29) is 35.9 Å². The molecule has 0 saturated carbocycles. The van der Waals surface area contributed by atoms with E-state index in [2.05, 4.69) is 21.0 Å². The second kappa shape index (κ2) is 8.04. The molecule has 3 rings (SSSR count). The first-order valence-electron chi connectivity index (χ1n) is 7.90. The summed E-state index contributed by atoms with van der Waals surface area (Å²) in [6, 6.07) is 11.5. The van der Waals surface area contributed by atoms with Gasteiger partial charge in [-0.25, -0.2) is 4.39 Å². The van der Waals surface area contributed by atoms with Gasteiger partial charge in [-0.1, -0.05) is 17.3 Å². The third-order valence-electron chi connectivity index (χ3n) is 3.57. The lowest BCUT2D eigenvalue weighted by Crippen LogP contribution is -2.29. The van der Waals surface area contributed by atoms with Crippen molar-refractivity contribution in [2.24, 2.45) is 0 Å². The van der Waals surface area contributed by atoms with Crippen molar-refractivity contribution < 1.29 is 18.6 Å². The van der Waals surface area contributed by atoms with Gasteiger partial charge < -0.3 is 4.52 Å². The Kier molecular flexibility index (Phi) is 5.36. The predicted octanol–water partition coefficient (Wildman–Crippen LogP) is 2.86. The van der Waals surface area contributed by atoms with Crippen LogP contribution in [-0.4, -0.2) is 21.0 Å². The molecule has 10 heteroatoms. The molecule has 1 heterocycles. The average Bonchev–Trinajstić information content (AvgIpc) is 3.14. The van der Waals surface area contributed by atoms with Gasteiger partial charge in [-0.3, -0.25) is 25.8 Å². The van der Waals surface area contributed by atoms with E-state index in [1.54, 1.807) is 6.07 Å². The summed E-state index contributed by atoms with van der Waals surface area (Å²) in [6.07, 6.45) is 0.206. The van der Waals surface area contributed by atoms with Crippen molar-refractivity contribution in [1.82, 2.24) is 15.6 Å². The maximum atomic E-state index is 12.9. The number of amides is 1. The molecular weight excluding hydrogens is 357 g/mol. The summed E-state index contributed by atoms with van der Waals surface area (Å²) in [4.78, 5) is 26.4. The van der Waals surface area contributed by atoms with Crippen LogP contribution in [0.3, 0.4) is 0 Å². The van der Waals surface area contributed by atoms with Crippen molar-refractivity contribution in [1.29, 1.82) is 0 Å². The number of nitrogens with one attached hydrogen (secondary N) is 2. The fourth-order valence-electron chi connectivity index (χ4n) is 2.23. The Balaban J connectivity index is 1.53. The number of aryl methyl sites for hydroxylation is 1. The van der Waals surface area contributed by atoms with Crippen LogP contribution in [0, 0.1) is 15.9 Å². The topological polar surface area (TPSA) is 123 Å². The predicted molar refractivity (Wildman–Crippen MR) is 92.9 cm³/mol. The van der Waals surface area contributed by atoms with Gasteiger partial charge in [-0.15, -0.1) is 0 Å². The lowest BCUT2D eigenvalue weighted by molar-refractivity contribution is -0.384. The smallest absolute Gasteiger partial charge is 0.294 e. The molecule has 0 bridgehead atoms. The van der Waals surface area contributed by atoms with E-state index in [9.17, 15) is 19.3 Å². The van der Waals surface area contributed by atoms with Gasteiger partial charge >= 0.3 is 0 Å². The minimum absolute atomic E-state index is 0.0265. The quantitative estimate of drug-likeness (QED) is 0.483. The summed E-state index contributed by atoms with van der Waals surface area (Å²) >= 11 is 0. The normalized spacial score (nSPS) is 10.4. The van der Waals surface area contributed by atoms with Crippen LogP contribution in [0.15, 0.2) is 53.1 Å².